The summed E-state index contributed by atoms with van der Waals surface area (Å²) in [6.45, 7) is 7.56. The van der Waals surface area contributed by atoms with E-state index in [0.717, 1.165) is 6.42 Å². The first kappa shape index (κ1) is 18.4. The maximum atomic E-state index is 11.7. The van der Waals surface area contributed by atoms with E-state index in [1.807, 2.05) is 52.0 Å². The molecule has 0 bridgehead atoms. The lowest BCUT2D eigenvalue weighted by Crippen LogP contribution is -2.28. The summed E-state index contributed by atoms with van der Waals surface area (Å²) in [5.74, 6) is -0.590. The molecule has 1 aliphatic heterocycles. The van der Waals surface area contributed by atoms with Crippen molar-refractivity contribution >= 4 is 11.7 Å². The molecule has 22 heavy (non-hydrogen) atoms. The third-order valence-corrected chi connectivity index (χ3v) is 3.72. The van der Waals surface area contributed by atoms with Crippen molar-refractivity contribution in [3.8, 4) is 0 Å². The Kier molecular flexibility index (Phi) is 7.88. The molecule has 1 rings (SSSR count). The number of nitrogens with zero attached hydrogens (tertiary/aromatic N) is 1. The van der Waals surface area contributed by atoms with Crippen LogP contribution in [-0.4, -0.2) is 35.6 Å². The SMILES string of the molecule is C/C=C/C1OC(=O)CO/N=C(C(C)C(O)CCC)\C=C\C1C. The van der Waals surface area contributed by atoms with Crippen LogP contribution in [0.3, 0.4) is 0 Å². The molecule has 5 heteroatoms. The van der Waals surface area contributed by atoms with Gasteiger partial charge in [-0.2, -0.15) is 0 Å². The fraction of sp³-hybridized carbons (Fsp3) is 0.647. The van der Waals surface area contributed by atoms with Gasteiger partial charge in [-0.25, -0.2) is 4.79 Å². The Balaban J connectivity index is 2.95. The van der Waals surface area contributed by atoms with Crippen LogP contribution in [0, 0.1) is 11.8 Å². The van der Waals surface area contributed by atoms with Gasteiger partial charge < -0.3 is 14.7 Å². The first-order valence-electron chi connectivity index (χ1n) is 7.88. The lowest BCUT2D eigenvalue weighted by Gasteiger charge is -2.22. The van der Waals surface area contributed by atoms with Crippen LogP contribution in [0.5, 0.6) is 0 Å². The molecule has 0 aromatic rings. The highest BCUT2D eigenvalue weighted by molar-refractivity contribution is 5.96. The van der Waals surface area contributed by atoms with Crippen LogP contribution in [0.4, 0.5) is 0 Å². The predicted molar refractivity (Wildman–Crippen MR) is 86.5 cm³/mol. The molecule has 0 aromatic heterocycles. The Morgan fingerprint density at radius 1 is 1.55 bits per heavy atom. The number of aliphatic hydroxyl groups excluding tert-OH is 1. The number of aliphatic hydroxyl groups is 1. The summed E-state index contributed by atoms with van der Waals surface area (Å²) in [7, 11) is 0. The van der Waals surface area contributed by atoms with E-state index < -0.39 is 12.1 Å². The van der Waals surface area contributed by atoms with Crippen molar-refractivity contribution in [2.45, 2.75) is 52.7 Å². The molecule has 1 heterocycles. The van der Waals surface area contributed by atoms with Crippen molar-refractivity contribution in [2.75, 3.05) is 6.61 Å². The van der Waals surface area contributed by atoms with Crippen molar-refractivity contribution in [1.29, 1.82) is 0 Å². The molecule has 0 radical (unpaired) electrons. The lowest BCUT2D eigenvalue weighted by molar-refractivity contribution is -0.153. The molecule has 4 unspecified atom stereocenters. The third kappa shape index (κ3) is 5.64. The summed E-state index contributed by atoms with van der Waals surface area (Å²) in [5, 5.41) is 14.1. The molecule has 124 valence electrons. The van der Waals surface area contributed by atoms with E-state index in [0.29, 0.717) is 12.1 Å². The zero-order chi connectivity index (χ0) is 16.5. The minimum absolute atomic E-state index is 0.0129. The number of carbonyl (C=O) groups is 1. The molecule has 1 N–H and O–H groups in total. The molecule has 0 saturated heterocycles. The second kappa shape index (κ2) is 9.41. The number of carbonyl (C=O) groups excluding carboxylic acids is 1. The number of ether oxygens (including phenoxy) is 1. The number of esters is 1. The molecule has 0 spiro atoms. The summed E-state index contributed by atoms with van der Waals surface area (Å²) < 4.78 is 5.34. The van der Waals surface area contributed by atoms with Crippen molar-refractivity contribution in [3.05, 3.63) is 24.3 Å². The number of cyclic esters (lactones) is 1. The van der Waals surface area contributed by atoms with Crippen LogP contribution in [-0.2, 0) is 14.4 Å². The van der Waals surface area contributed by atoms with E-state index in [4.69, 9.17) is 9.57 Å². The highest BCUT2D eigenvalue weighted by Crippen LogP contribution is 2.17. The van der Waals surface area contributed by atoms with Crippen molar-refractivity contribution < 1.29 is 19.5 Å². The Hall–Kier alpha value is -1.62. The minimum atomic E-state index is -0.478. The zero-order valence-corrected chi connectivity index (χ0v) is 13.9. The smallest absolute Gasteiger partial charge is 0.347 e. The normalized spacial score (nSPS) is 29.9. The Morgan fingerprint density at radius 3 is 2.91 bits per heavy atom. The Bertz CT molecular complexity index is 442. The predicted octanol–water partition coefficient (Wildman–Crippen LogP) is 2.85. The molecule has 5 nitrogen and oxygen atoms in total. The van der Waals surface area contributed by atoms with Gasteiger partial charge in [0.15, 0.2) is 0 Å². The number of rotatable bonds is 5. The highest BCUT2D eigenvalue weighted by Gasteiger charge is 2.22. The van der Waals surface area contributed by atoms with Crippen molar-refractivity contribution in [2.24, 2.45) is 17.0 Å². The van der Waals surface area contributed by atoms with Gasteiger partial charge in [0.25, 0.3) is 0 Å². The van der Waals surface area contributed by atoms with Gasteiger partial charge in [0.1, 0.15) is 6.10 Å². The second-order valence-corrected chi connectivity index (χ2v) is 5.63. The minimum Gasteiger partial charge on any atom is -0.455 e. The molecule has 0 fully saturated rings. The van der Waals surface area contributed by atoms with Crippen LogP contribution in [0.2, 0.25) is 0 Å². The Morgan fingerprint density at radius 2 is 2.27 bits per heavy atom. The standard InChI is InChI=1S/C17H27NO4/c1-5-7-15(19)13(4)14-10-9-12(3)16(8-6-2)22-17(20)11-21-18-14/h6,8-10,12-13,15-16,19H,5,7,11H2,1-4H3/b8-6+,10-9+,18-14+. The van der Waals surface area contributed by atoms with E-state index >= 15 is 0 Å². The quantitative estimate of drug-likeness (QED) is 0.626. The number of hydrogen-bond acceptors (Lipinski definition) is 5. The van der Waals surface area contributed by atoms with Gasteiger partial charge in [-0.1, -0.05) is 44.5 Å². The van der Waals surface area contributed by atoms with Crippen LogP contribution in [0.25, 0.3) is 0 Å². The van der Waals surface area contributed by atoms with E-state index in [9.17, 15) is 9.90 Å². The van der Waals surface area contributed by atoms with Gasteiger partial charge >= 0.3 is 5.97 Å². The summed E-state index contributed by atoms with van der Waals surface area (Å²) in [6.07, 6.45) is 8.28. The number of allylic oxidation sites excluding steroid dienone is 2. The number of hydrogen-bond donors (Lipinski definition) is 1. The average molecular weight is 309 g/mol. The molecule has 0 amide bonds. The topological polar surface area (TPSA) is 68.1 Å². The molecule has 1 aliphatic rings. The third-order valence-electron chi connectivity index (χ3n) is 3.72. The molecule has 0 aliphatic carbocycles. The fourth-order valence-electron chi connectivity index (χ4n) is 2.22. The maximum absolute atomic E-state index is 11.7. The van der Waals surface area contributed by atoms with Crippen LogP contribution >= 0.6 is 0 Å². The summed E-state index contributed by atoms with van der Waals surface area (Å²) in [6, 6.07) is 0. The van der Waals surface area contributed by atoms with E-state index in [1.165, 1.54) is 0 Å². The van der Waals surface area contributed by atoms with Gasteiger partial charge in [0.2, 0.25) is 6.61 Å². The fourth-order valence-corrected chi connectivity index (χ4v) is 2.22. The van der Waals surface area contributed by atoms with E-state index in [-0.39, 0.29) is 24.5 Å². The van der Waals surface area contributed by atoms with Crippen LogP contribution in [0.15, 0.2) is 29.5 Å². The van der Waals surface area contributed by atoms with Crippen molar-refractivity contribution in [1.82, 2.24) is 0 Å². The molecule has 0 aromatic carbocycles. The first-order valence-corrected chi connectivity index (χ1v) is 7.88. The van der Waals surface area contributed by atoms with Gasteiger partial charge in [-0.3, -0.25) is 0 Å². The van der Waals surface area contributed by atoms with Gasteiger partial charge in [0, 0.05) is 11.8 Å². The van der Waals surface area contributed by atoms with Gasteiger partial charge in [-0.05, 0) is 25.5 Å². The second-order valence-electron chi connectivity index (χ2n) is 5.63. The monoisotopic (exact) mass is 309 g/mol. The van der Waals surface area contributed by atoms with E-state index in [2.05, 4.69) is 5.16 Å². The lowest BCUT2D eigenvalue weighted by atomic mass is 9.94. The largest absolute Gasteiger partial charge is 0.455 e. The Labute approximate surface area is 132 Å². The highest BCUT2D eigenvalue weighted by atomic mass is 16.7. The van der Waals surface area contributed by atoms with E-state index in [1.54, 1.807) is 0 Å². The van der Waals surface area contributed by atoms with Crippen molar-refractivity contribution in [3.63, 3.8) is 0 Å². The van der Waals surface area contributed by atoms with Gasteiger partial charge in [-0.15, -0.1) is 0 Å². The summed E-state index contributed by atoms with van der Waals surface area (Å²) in [4.78, 5) is 16.8. The average Bonchev–Trinajstić information content (AvgIpc) is 2.49. The van der Waals surface area contributed by atoms with Gasteiger partial charge in [0.05, 0.1) is 11.8 Å². The van der Waals surface area contributed by atoms with Crippen LogP contribution < -0.4 is 0 Å². The molecule has 0 saturated carbocycles. The first-order chi connectivity index (χ1) is 10.5. The molecular formula is C17H27NO4. The zero-order valence-electron chi connectivity index (χ0n) is 13.9. The molecular weight excluding hydrogens is 282 g/mol. The maximum Gasteiger partial charge on any atom is 0.347 e. The molecule has 4 atom stereocenters. The summed E-state index contributed by atoms with van der Waals surface area (Å²) in [5.41, 5.74) is 0.640. The van der Waals surface area contributed by atoms with Crippen LogP contribution in [0.1, 0.15) is 40.5 Å². The number of oxime groups is 1. The summed E-state index contributed by atoms with van der Waals surface area (Å²) >= 11 is 0.